The van der Waals surface area contributed by atoms with Gasteiger partial charge >= 0.3 is 5.97 Å². The van der Waals surface area contributed by atoms with E-state index in [4.69, 9.17) is 4.74 Å². The monoisotopic (exact) mass is 299 g/mol. The van der Waals surface area contributed by atoms with E-state index in [0.717, 1.165) is 37.5 Å². The summed E-state index contributed by atoms with van der Waals surface area (Å²) in [5, 5.41) is 2.23. The number of hydrogen-bond acceptors (Lipinski definition) is 3. The average molecular weight is 299 g/mol. The summed E-state index contributed by atoms with van der Waals surface area (Å²) in [6.07, 6.45) is 2.68. The standard InChI is InChI=1S/C15H19F2NO3/c1-3-4-5-9-21-15(20)10(2)18-14(19)13-11(16)7-6-8-12(13)17/h6-8,10H,3-5,9H2,1-2H3,(H,18,19)/t10-/m0/s1. The van der Waals surface area contributed by atoms with Gasteiger partial charge in [-0.3, -0.25) is 4.79 Å². The minimum Gasteiger partial charge on any atom is -0.464 e. The summed E-state index contributed by atoms with van der Waals surface area (Å²) in [5.74, 6) is -3.56. The highest BCUT2D eigenvalue weighted by atomic mass is 19.1. The summed E-state index contributed by atoms with van der Waals surface area (Å²) in [7, 11) is 0. The Morgan fingerprint density at radius 2 is 1.86 bits per heavy atom. The maximum Gasteiger partial charge on any atom is 0.328 e. The van der Waals surface area contributed by atoms with Crippen molar-refractivity contribution >= 4 is 11.9 Å². The molecule has 6 heteroatoms. The van der Waals surface area contributed by atoms with Gasteiger partial charge in [0.1, 0.15) is 23.2 Å². The van der Waals surface area contributed by atoms with Crippen molar-refractivity contribution in [1.82, 2.24) is 5.32 Å². The van der Waals surface area contributed by atoms with Crippen LogP contribution >= 0.6 is 0 Å². The van der Waals surface area contributed by atoms with Crippen LogP contribution < -0.4 is 5.32 Å². The van der Waals surface area contributed by atoms with Gasteiger partial charge in [-0.1, -0.05) is 25.8 Å². The lowest BCUT2D eigenvalue weighted by Crippen LogP contribution is -2.40. The molecule has 1 amide bonds. The number of carbonyl (C=O) groups excluding carboxylic acids is 2. The molecule has 1 rings (SSSR count). The van der Waals surface area contributed by atoms with E-state index >= 15 is 0 Å². The van der Waals surface area contributed by atoms with Crippen LogP contribution in [0.25, 0.3) is 0 Å². The zero-order chi connectivity index (χ0) is 15.8. The fourth-order valence-corrected chi connectivity index (χ4v) is 1.69. The predicted octanol–water partition coefficient (Wildman–Crippen LogP) is 2.82. The molecule has 0 aromatic heterocycles. The lowest BCUT2D eigenvalue weighted by Gasteiger charge is -2.14. The third-order valence-corrected chi connectivity index (χ3v) is 2.88. The maximum atomic E-state index is 13.4. The minimum atomic E-state index is -0.983. The molecule has 21 heavy (non-hydrogen) atoms. The van der Waals surface area contributed by atoms with Crippen molar-refractivity contribution in [2.75, 3.05) is 6.61 Å². The first-order chi connectivity index (χ1) is 9.97. The normalized spacial score (nSPS) is 11.8. The molecule has 1 atom stereocenters. The van der Waals surface area contributed by atoms with Crippen LogP contribution in [0, 0.1) is 11.6 Å². The van der Waals surface area contributed by atoms with Crippen molar-refractivity contribution in [1.29, 1.82) is 0 Å². The van der Waals surface area contributed by atoms with E-state index in [1.807, 2.05) is 6.92 Å². The van der Waals surface area contributed by atoms with Crippen LogP contribution in [-0.4, -0.2) is 24.5 Å². The number of halogens is 2. The number of nitrogens with one attached hydrogen (secondary N) is 1. The minimum absolute atomic E-state index is 0.265. The quantitative estimate of drug-likeness (QED) is 0.622. The number of hydrogen-bond donors (Lipinski definition) is 1. The first kappa shape index (κ1) is 17.1. The summed E-state index contributed by atoms with van der Waals surface area (Å²) in [6.45, 7) is 3.69. The van der Waals surface area contributed by atoms with Gasteiger partial charge in [-0.05, 0) is 25.5 Å². The highest BCUT2D eigenvalue weighted by molar-refractivity contribution is 5.97. The van der Waals surface area contributed by atoms with Gasteiger partial charge in [-0.2, -0.15) is 0 Å². The smallest absolute Gasteiger partial charge is 0.328 e. The number of benzene rings is 1. The SMILES string of the molecule is CCCCCOC(=O)[C@H](C)NC(=O)c1c(F)cccc1F. The Hall–Kier alpha value is -1.98. The van der Waals surface area contributed by atoms with Crippen molar-refractivity contribution in [2.45, 2.75) is 39.2 Å². The van der Waals surface area contributed by atoms with Crippen LogP contribution in [0.15, 0.2) is 18.2 Å². The van der Waals surface area contributed by atoms with Gasteiger partial charge in [0.25, 0.3) is 5.91 Å². The first-order valence-electron chi connectivity index (χ1n) is 6.88. The van der Waals surface area contributed by atoms with Crippen molar-refractivity contribution in [3.05, 3.63) is 35.4 Å². The highest BCUT2D eigenvalue weighted by Crippen LogP contribution is 2.12. The molecular formula is C15H19F2NO3. The molecule has 4 nitrogen and oxygen atoms in total. The Balaban J connectivity index is 2.56. The van der Waals surface area contributed by atoms with Crippen LogP contribution in [0.3, 0.4) is 0 Å². The van der Waals surface area contributed by atoms with E-state index in [-0.39, 0.29) is 6.61 Å². The Morgan fingerprint density at radius 1 is 1.24 bits per heavy atom. The number of rotatable bonds is 7. The Morgan fingerprint density at radius 3 is 2.43 bits per heavy atom. The van der Waals surface area contributed by atoms with Crippen molar-refractivity contribution in [3.8, 4) is 0 Å². The molecule has 116 valence electrons. The number of ether oxygens (including phenoxy) is 1. The zero-order valence-corrected chi connectivity index (χ0v) is 12.1. The molecule has 0 saturated carbocycles. The molecule has 0 bridgehead atoms. The summed E-state index contributed by atoms with van der Waals surface area (Å²) in [6, 6.07) is 2.14. The third kappa shape index (κ3) is 5.13. The van der Waals surface area contributed by atoms with E-state index in [0.29, 0.717) is 0 Å². The molecule has 0 saturated heterocycles. The molecule has 1 aromatic rings. The molecule has 0 heterocycles. The van der Waals surface area contributed by atoms with Gasteiger partial charge in [0, 0.05) is 0 Å². The fourth-order valence-electron chi connectivity index (χ4n) is 1.69. The Labute approximate surface area is 122 Å². The van der Waals surface area contributed by atoms with Gasteiger partial charge in [-0.15, -0.1) is 0 Å². The topological polar surface area (TPSA) is 55.4 Å². The molecular weight excluding hydrogens is 280 g/mol. The molecule has 1 N–H and O–H groups in total. The van der Waals surface area contributed by atoms with Crippen LogP contribution in [-0.2, 0) is 9.53 Å². The predicted molar refractivity (Wildman–Crippen MR) is 73.8 cm³/mol. The van der Waals surface area contributed by atoms with E-state index in [1.165, 1.54) is 6.92 Å². The average Bonchev–Trinajstić information content (AvgIpc) is 2.43. The van der Waals surface area contributed by atoms with Crippen LogP contribution in [0.1, 0.15) is 43.5 Å². The maximum absolute atomic E-state index is 13.4. The Kier molecular flexibility index (Phi) is 6.78. The lowest BCUT2D eigenvalue weighted by molar-refractivity contribution is -0.145. The Bertz CT molecular complexity index is 485. The third-order valence-electron chi connectivity index (χ3n) is 2.88. The number of carbonyl (C=O) groups is 2. The number of unbranched alkanes of at least 4 members (excludes halogenated alkanes) is 2. The second kappa shape index (κ2) is 8.34. The summed E-state index contributed by atoms with van der Waals surface area (Å²) in [5.41, 5.74) is -0.705. The molecule has 0 aliphatic heterocycles. The van der Waals surface area contributed by atoms with Crippen molar-refractivity contribution < 1.29 is 23.1 Å². The van der Waals surface area contributed by atoms with Crippen molar-refractivity contribution in [2.24, 2.45) is 0 Å². The van der Waals surface area contributed by atoms with Gasteiger partial charge < -0.3 is 10.1 Å². The summed E-state index contributed by atoms with van der Waals surface area (Å²) in [4.78, 5) is 23.4. The molecule has 0 spiro atoms. The van der Waals surface area contributed by atoms with E-state index in [1.54, 1.807) is 0 Å². The molecule has 0 aliphatic carbocycles. The lowest BCUT2D eigenvalue weighted by atomic mass is 10.1. The summed E-state index contributed by atoms with van der Waals surface area (Å²) >= 11 is 0. The van der Waals surface area contributed by atoms with Crippen molar-refractivity contribution in [3.63, 3.8) is 0 Å². The molecule has 0 fully saturated rings. The van der Waals surface area contributed by atoms with E-state index in [9.17, 15) is 18.4 Å². The molecule has 0 unspecified atom stereocenters. The number of esters is 1. The van der Waals surface area contributed by atoms with Crippen LogP contribution in [0.2, 0.25) is 0 Å². The van der Waals surface area contributed by atoms with Gasteiger partial charge in [0.05, 0.1) is 6.61 Å². The van der Waals surface area contributed by atoms with Gasteiger partial charge in [-0.25, -0.2) is 13.6 Å². The van der Waals surface area contributed by atoms with Gasteiger partial charge in [0.2, 0.25) is 0 Å². The largest absolute Gasteiger partial charge is 0.464 e. The van der Waals surface area contributed by atoms with E-state index in [2.05, 4.69) is 5.32 Å². The molecule has 0 radical (unpaired) electrons. The zero-order valence-electron chi connectivity index (χ0n) is 12.1. The van der Waals surface area contributed by atoms with Crippen LogP contribution in [0.4, 0.5) is 8.78 Å². The number of amides is 1. The first-order valence-corrected chi connectivity index (χ1v) is 6.88. The van der Waals surface area contributed by atoms with Crippen LogP contribution in [0.5, 0.6) is 0 Å². The van der Waals surface area contributed by atoms with Gasteiger partial charge in [0.15, 0.2) is 0 Å². The summed E-state index contributed by atoms with van der Waals surface area (Å²) < 4.78 is 31.8. The molecule has 1 aromatic carbocycles. The van der Waals surface area contributed by atoms with E-state index < -0.39 is 35.1 Å². The molecule has 0 aliphatic rings. The second-order valence-corrected chi connectivity index (χ2v) is 4.67. The fraction of sp³-hybridized carbons (Fsp3) is 0.467. The highest BCUT2D eigenvalue weighted by Gasteiger charge is 2.22. The second-order valence-electron chi connectivity index (χ2n) is 4.67.